The van der Waals surface area contributed by atoms with E-state index in [2.05, 4.69) is 4.18 Å². The Morgan fingerprint density at radius 1 is 1.52 bits per heavy atom. The molecule has 0 bridgehead atoms. The van der Waals surface area contributed by atoms with Gasteiger partial charge in [-0.25, -0.2) is 13.3 Å². The molecule has 1 heterocycles. The lowest BCUT2D eigenvalue weighted by Gasteiger charge is -2.11. The summed E-state index contributed by atoms with van der Waals surface area (Å²) >= 11 is 0. The van der Waals surface area contributed by atoms with E-state index >= 15 is 0 Å². The quantitative estimate of drug-likeness (QED) is 0.415. The highest BCUT2D eigenvalue weighted by atomic mass is 32.2. The lowest BCUT2D eigenvalue weighted by atomic mass is 10.3. The fourth-order valence-electron chi connectivity index (χ4n) is 1.61. The second-order valence-corrected chi connectivity index (χ2v) is 6.51. The van der Waals surface area contributed by atoms with Gasteiger partial charge in [0.25, 0.3) is 21.9 Å². The number of hydrogen-bond acceptors (Lipinski definition) is 6. The number of nitrogens with zero attached hydrogens (tertiary/aromatic N) is 2. The Morgan fingerprint density at radius 2 is 2.13 bits per heavy atom. The first-order valence-corrected chi connectivity index (χ1v) is 8.02. The van der Waals surface area contributed by atoms with Crippen LogP contribution in [0.2, 0.25) is 0 Å². The highest BCUT2D eigenvalue weighted by Gasteiger charge is 2.25. The fraction of sp³-hybridized carbons (Fsp3) is 0.545. The monoisotopic (exact) mass is 355 g/mol. The zero-order valence-corrected chi connectivity index (χ0v) is 13.1. The summed E-state index contributed by atoms with van der Waals surface area (Å²) in [6.45, 7) is -1.42. The van der Waals surface area contributed by atoms with Crippen molar-refractivity contribution in [1.29, 1.82) is 0 Å². The first-order valence-electron chi connectivity index (χ1n) is 6.20. The molecule has 0 unspecified atom stereocenters. The van der Waals surface area contributed by atoms with E-state index in [1.807, 2.05) is 5.32 Å². The zero-order chi connectivity index (χ0) is 17.8. The molecule has 0 saturated heterocycles. The Morgan fingerprint density at radius 3 is 2.61 bits per heavy atom. The number of carbonyl (C=O) groups excluding carboxylic acids is 1. The summed E-state index contributed by atoms with van der Waals surface area (Å²) in [6, 6.07) is 1.21. The molecule has 0 aliphatic heterocycles. The number of hydrogen-bond donors (Lipinski definition) is 1. The number of nitrogens with one attached hydrogen (secondary N) is 1. The van der Waals surface area contributed by atoms with Crippen LogP contribution in [0.4, 0.5) is 14.6 Å². The molecule has 12 heteroatoms. The molecule has 9 nitrogen and oxygen atoms in total. The normalized spacial score (nSPS) is 12.2. The third kappa shape index (κ3) is 6.69. The molecule has 0 atom stereocenters. The zero-order valence-electron chi connectivity index (χ0n) is 12.3. The maximum absolute atomic E-state index is 12.6. The van der Waals surface area contributed by atoms with Crippen LogP contribution in [-0.4, -0.2) is 42.5 Å². The van der Waals surface area contributed by atoms with Crippen LogP contribution in [0.3, 0.4) is 0 Å². The van der Waals surface area contributed by atoms with Crippen LogP contribution in [0, 0.1) is 10.1 Å². The third-order valence-corrected chi connectivity index (χ3v) is 3.07. The molecule has 0 aliphatic carbocycles. The Hall–Kier alpha value is -2.08. The number of halogens is 2. The predicted octanol–water partition coefficient (Wildman–Crippen LogP) is 0.644. The topological polar surface area (TPSA) is 121 Å². The van der Waals surface area contributed by atoms with Crippen molar-refractivity contribution in [3.05, 3.63) is 27.9 Å². The van der Waals surface area contributed by atoms with Crippen LogP contribution in [0.5, 0.6) is 0 Å². The van der Waals surface area contributed by atoms with Gasteiger partial charge in [0.05, 0.1) is 31.2 Å². The van der Waals surface area contributed by atoms with Gasteiger partial charge in [-0.3, -0.25) is 8.98 Å². The van der Waals surface area contributed by atoms with E-state index in [0.29, 0.717) is 6.92 Å². The Bertz CT molecular complexity index is 695. The van der Waals surface area contributed by atoms with Crippen molar-refractivity contribution >= 4 is 21.8 Å². The molecule has 23 heavy (non-hydrogen) atoms. The number of nitro groups is 1. The van der Waals surface area contributed by atoms with Gasteiger partial charge >= 0.3 is 5.82 Å². The minimum atomic E-state index is -3.80. The molecular formula is C11H15F2N3O6S. The van der Waals surface area contributed by atoms with Gasteiger partial charge in [-0.05, 0) is 11.0 Å². The van der Waals surface area contributed by atoms with Gasteiger partial charge in [-0.1, -0.05) is 0 Å². The molecule has 0 aromatic carbocycles. The Kier molecular flexibility index (Phi) is 5.77. The van der Waals surface area contributed by atoms with Crippen molar-refractivity contribution in [2.45, 2.75) is 26.0 Å². The summed E-state index contributed by atoms with van der Waals surface area (Å²) in [5, 5.41) is 13.0. The van der Waals surface area contributed by atoms with Crippen molar-refractivity contribution in [3.8, 4) is 0 Å². The number of aromatic nitrogens is 1. The first-order chi connectivity index (χ1) is 10.4. The lowest BCUT2D eigenvalue weighted by molar-refractivity contribution is -0.392. The number of alkyl halides is 2. The summed E-state index contributed by atoms with van der Waals surface area (Å²) in [4.78, 5) is 21.8. The summed E-state index contributed by atoms with van der Waals surface area (Å²) in [5.41, 5.74) is -0.0611. The highest BCUT2D eigenvalue weighted by Crippen LogP contribution is 2.21. The fourth-order valence-corrected chi connectivity index (χ4v) is 1.95. The summed E-state index contributed by atoms with van der Waals surface area (Å²) in [6.07, 6.45) is 1.96. The molecule has 0 radical (unpaired) electrons. The van der Waals surface area contributed by atoms with Crippen molar-refractivity contribution in [3.63, 3.8) is 0 Å². The maximum Gasteiger partial charge on any atom is 0.329 e. The predicted molar refractivity (Wildman–Crippen MR) is 74.3 cm³/mol. The van der Waals surface area contributed by atoms with E-state index < -0.39 is 52.4 Å². The van der Waals surface area contributed by atoms with E-state index in [1.165, 1.54) is 12.3 Å². The standard InChI is InChI=1S/C11H15F2N3O6S/c1-11(12,13)7-14-9(17)5-15-4-3-8(10(15)16(18)19)6-22-23(2,20)21/h3-4H,5-7H2,1-2H3,(H,14,17). The van der Waals surface area contributed by atoms with Crippen molar-refractivity contribution in [2.24, 2.45) is 0 Å². The molecule has 1 rings (SSSR count). The molecule has 0 fully saturated rings. The third-order valence-electron chi connectivity index (χ3n) is 2.53. The van der Waals surface area contributed by atoms with Crippen molar-refractivity contribution < 1.29 is 31.1 Å². The lowest BCUT2D eigenvalue weighted by Crippen LogP contribution is -2.36. The first kappa shape index (κ1) is 19.0. The minimum absolute atomic E-state index is 0.0611. The van der Waals surface area contributed by atoms with Crippen LogP contribution in [0.25, 0.3) is 0 Å². The van der Waals surface area contributed by atoms with Crippen molar-refractivity contribution in [1.82, 2.24) is 9.88 Å². The van der Waals surface area contributed by atoms with Crippen molar-refractivity contribution in [2.75, 3.05) is 12.8 Å². The summed E-state index contributed by atoms with van der Waals surface area (Å²) < 4.78 is 52.5. The Labute approximate surface area is 130 Å². The largest absolute Gasteiger partial charge is 0.358 e. The van der Waals surface area contributed by atoms with E-state index in [1.54, 1.807) is 0 Å². The molecule has 1 amide bonds. The van der Waals surface area contributed by atoms with Gasteiger partial charge in [-0.15, -0.1) is 0 Å². The minimum Gasteiger partial charge on any atom is -0.358 e. The van der Waals surface area contributed by atoms with Gasteiger partial charge in [0.2, 0.25) is 0 Å². The van der Waals surface area contributed by atoms with Gasteiger partial charge in [0.1, 0.15) is 0 Å². The van der Waals surface area contributed by atoms with Gasteiger partial charge < -0.3 is 15.4 Å². The summed E-state index contributed by atoms with van der Waals surface area (Å²) in [5.74, 6) is -4.50. The van der Waals surface area contributed by atoms with E-state index in [9.17, 15) is 32.1 Å². The molecule has 1 aromatic rings. The molecule has 0 aliphatic rings. The molecule has 1 aromatic heterocycles. The average molecular weight is 355 g/mol. The second kappa shape index (κ2) is 7.00. The molecule has 130 valence electrons. The van der Waals surface area contributed by atoms with Crippen LogP contribution < -0.4 is 5.32 Å². The molecular weight excluding hydrogens is 340 g/mol. The van der Waals surface area contributed by atoms with E-state index in [-0.39, 0.29) is 5.56 Å². The average Bonchev–Trinajstić information content (AvgIpc) is 2.75. The van der Waals surface area contributed by atoms with Gasteiger partial charge in [-0.2, -0.15) is 8.42 Å². The van der Waals surface area contributed by atoms with Gasteiger partial charge in [0, 0.05) is 6.92 Å². The molecule has 1 N–H and O–H groups in total. The summed E-state index contributed by atoms with van der Waals surface area (Å²) in [7, 11) is -3.80. The van der Waals surface area contributed by atoms with E-state index in [0.717, 1.165) is 10.8 Å². The number of carbonyl (C=O) groups is 1. The second-order valence-electron chi connectivity index (χ2n) is 4.86. The Balaban J connectivity index is 2.85. The smallest absolute Gasteiger partial charge is 0.329 e. The number of rotatable bonds is 8. The van der Waals surface area contributed by atoms with Crippen LogP contribution >= 0.6 is 0 Å². The SMILES string of the molecule is CC(F)(F)CNC(=O)Cn1ccc(COS(C)(=O)=O)c1[N+](=O)[O-]. The number of amides is 1. The van der Waals surface area contributed by atoms with Crippen LogP contribution in [0.15, 0.2) is 12.3 Å². The van der Waals surface area contributed by atoms with Crippen LogP contribution in [-0.2, 0) is 32.2 Å². The molecule has 0 saturated carbocycles. The highest BCUT2D eigenvalue weighted by molar-refractivity contribution is 7.85. The maximum atomic E-state index is 12.6. The van der Waals surface area contributed by atoms with Crippen LogP contribution in [0.1, 0.15) is 12.5 Å². The van der Waals surface area contributed by atoms with Gasteiger partial charge in [0.15, 0.2) is 6.54 Å². The molecule has 0 spiro atoms. The van der Waals surface area contributed by atoms with E-state index in [4.69, 9.17) is 0 Å².